The fourth-order valence-corrected chi connectivity index (χ4v) is 5.11. The zero-order valence-corrected chi connectivity index (χ0v) is 14.3. The molecule has 23 heavy (non-hydrogen) atoms. The third-order valence-corrected chi connectivity index (χ3v) is 6.16. The Balaban J connectivity index is 0.00000156. The molecule has 3 aliphatic rings. The maximum atomic E-state index is 12.7. The summed E-state index contributed by atoms with van der Waals surface area (Å²) < 4.78 is 39.3. The van der Waals surface area contributed by atoms with Gasteiger partial charge in [-0.05, 0) is 37.8 Å². The van der Waals surface area contributed by atoms with Crippen molar-refractivity contribution in [2.75, 3.05) is 13.2 Å². The minimum Gasteiger partial charge on any atom is -0.486 e. The molecule has 6 nitrogen and oxygen atoms in total. The summed E-state index contributed by atoms with van der Waals surface area (Å²) in [6, 6.07) is 5.87. The van der Waals surface area contributed by atoms with Crippen molar-refractivity contribution in [1.82, 2.24) is 10.0 Å². The van der Waals surface area contributed by atoms with E-state index in [9.17, 15) is 8.42 Å². The maximum absolute atomic E-state index is 12.7. The highest BCUT2D eigenvalue weighted by atomic mass is 35.5. The standard InChI is InChI=1S/C15H20N2O4S.ClH/c18-22(19,17-12-8-10-4-5-11(9-12)16-10)14-3-1-2-13-15(14)21-7-6-20-13;/h1-3,10-12,16-17H,4-9H2;1H. The molecule has 0 aliphatic carbocycles. The van der Waals surface area contributed by atoms with E-state index in [0.717, 1.165) is 25.7 Å². The topological polar surface area (TPSA) is 76.7 Å². The van der Waals surface area contributed by atoms with Gasteiger partial charge in [-0.3, -0.25) is 0 Å². The molecule has 4 rings (SSSR count). The van der Waals surface area contributed by atoms with Crippen LogP contribution in [-0.2, 0) is 10.0 Å². The zero-order chi connectivity index (χ0) is 15.2. The number of hydrogen-bond acceptors (Lipinski definition) is 5. The average molecular weight is 361 g/mol. The summed E-state index contributed by atoms with van der Waals surface area (Å²) in [5.41, 5.74) is 0. The molecule has 8 heteroatoms. The molecule has 0 amide bonds. The van der Waals surface area contributed by atoms with Crippen molar-refractivity contribution >= 4 is 22.4 Å². The van der Waals surface area contributed by atoms with Crippen molar-refractivity contribution < 1.29 is 17.9 Å². The van der Waals surface area contributed by atoms with Crippen LogP contribution in [0, 0.1) is 0 Å². The molecule has 2 fully saturated rings. The van der Waals surface area contributed by atoms with Gasteiger partial charge in [0, 0.05) is 18.1 Å². The van der Waals surface area contributed by atoms with Crippen molar-refractivity contribution in [2.24, 2.45) is 0 Å². The Morgan fingerprint density at radius 1 is 1.09 bits per heavy atom. The molecule has 0 aromatic heterocycles. The quantitative estimate of drug-likeness (QED) is 0.853. The number of hydrogen-bond donors (Lipinski definition) is 2. The number of rotatable bonds is 3. The van der Waals surface area contributed by atoms with Gasteiger partial charge in [-0.15, -0.1) is 12.4 Å². The molecule has 3 heterocycles. The van der Waals surface area contributed by atoms with Crippen LogP contribution in [0.1, 0.15) is 25.7 Å². The molecule has 2 saturated heterocycles. The second kappa shape index (κ2) is 6.47. The van der Waals surface area contributed by atoms with Gasteiger partial charge >= 0.3 is 0 Å². The molecule has 1 aromatic carbocycles. The van der Waals surface area contributed by atoms with Crippen LogP contribution in [0.4, 0.5) is 0 Å². The Labute approximate surface area is 142 Å². The Morgan fingerprint density at radius 2 is 1.78 bits per heavy atom. The second-order valence-electron chi connectivity index (χ2n) is 6.21. The fourth-order valence-electron chi connectivity index (χ4n) is 3.69. The third kappa shape index (κ3) is 3.28. The van der Waals surface area contributed by atoms with Crippen LogP contribution in [0.5, 0.6) is 11.5 Å². The average Bonchev–Trinajstić information content (AvgIpc) is 2.85. The van der Waals surface area contributed by atoms with Crippen molar-refractivity contribution in [3.8, 4) is 11.5 Å². The van der Waals surface area contributed by atoms with Crippen LogP contribution in [0.2, 0.25) is 0 Å². The number of benzene rings is 1. The SMILES string of the molecule is Cl.O=S(=O)(NC1CC2CCC(C1)N2)c1cccc2c1OCCO2. The highest BCUT2D eigenvalue weighted by molar-refractivity contribution is 7.89. The normalized spacial score (nSPS) is 29.0. The molecule has 0 radical (unpaired) electrons. The molecule has 1 aromatic rings. The lowest BCUT2D eigenvalue weighted by molar-refractivity contribution is 0.167. The van der Waals surface area contributed by atoms with Gasteiger partial charge in [-0.2, -0.15) is 0 Å². The van der Waals surface area contributed by atoms with Gasteiger partial charge in [0.05, 0.1) is 0 Å². The Bertz CT molecular complexity index is 670. The van der Waals surface area contributed by atoms with E-state index >= 15 is 0 Å². The molecule has 128 valence electrons. The summed E-state index contributed by atoms with van der Waals surface area (Å²) in [5, 5.41) is 3.52. The molecule has 3 aliphatic heterocycles. The van der Waals surface area contributed by atoms with Crippen LogP contribution < -0.4 is 19.5 Å². The summed E-state index contributed by atoms with van der Waals surface area (Å²) in [5.74, 6) is 0.831. The first-order valence-corrected chi connectivity index (χ1v) is 9.27. The smallest absolute Gasteiger partial charge is 0.244 e. The maximum Gasteiger partial charge on any atom is 0.244 e. The predicted molar refractivity (Wildman–Crippen MR) is 88.0 cm³/mol. The third-order valence-electron chi connectivity index (χ3n) is 4.61. The van der Waals surface area contributed by atoms with E-state index in [-0.39, 0.29) is 23.3 Å². The van der Waals surface area contributed by atoms with Crippen molar-refractivity contribution in [3.05, 3.63) is 18.2 Å². The van der Waals surface area contributed by atoms with Crippen LogP contribution in [-0.4, -0.2) is 39.8 Å². The summed E-state index contributed by atoms with van der Waals surface area (Å²) in [6.07, 6.45) is 3.98. The van der Waals surface area contributed by atoms with Gasteiger partial charge in [-0.1, -0.05) is 6.07 Å². The first-order valence-electron chi connectivity index (χ1n) is 7.79. The minimum absolute atomic E-state index is 0. The number of sulfonamides is 1. The minimum atomic E-state index is -3.60. The first-order chi connectivity index (χ1) is 10.6. The number of fused-ring (bicyclic) bond motifs is 3. The van der Waals surface area contributed by atoms with Crippen LogP contribution >= 0.6 is 12.4 Å². The molecular weight excluding hydrogens is 340 g/mol. The summed E-state index contributed by atoms with van der Waals surface area (Å²) in [7, 11) is -3.60. The van der Waals surface area contributed by atoms with E-state index in [4.69, 9.17) is 9.47 Å². The number of para-hydroxylation sites is 1. The van der Waals surface area contributed by atoms with Gasteiger partial charge in [0.25, 0.3) is 0 Å². The number of ether oxygens (including phenoxy) is 2. The Kier molecular flexibility index (Phi) is 4.73. The van der Waals surface area contributed by atoms with Crippen molar-refractivity contribution in [2.45, 2.75) is 48.7 Å². The second-order valence-corrected chi connectivity index (χ2v) is 7.89. The van der Waals surface area contributed by atoms with Gasteiger partial charge in [0.15, 0.2) is 11.5 Å². The highest BCUT2D eigenvalue weighted by Crippen LogP contribution is 2.37. The first kappa shape index (κ1) is 16.8. The fraction of sp³-hybridized carbons (Fsp3) is 0.600. The van der Waals surface area contributed by atoms with Crippen LogP contribution in [0.15, 0.2) is 23.1 Å². The van der Waals surface area contributed by atoms with Gasteiger partial charge < -0.3 is 14.8 Å². The molecule has 0 spiro atoms. The monoisotopic (exact) mass is 360 g/mol. The Morgan fingerprint density at radius 3 is 2.52 bits per heavy atom. The molecule has 0 saturated carbocycles. The van der Waals surface area contributed by atoms with Gasteiger partial charge in [0.1, 0.15) is 18.1 Å². The van der Waals surface area contributed by atoms with Crippen LogP contribution in [0.3, 0.4) is 0 Å². The lowest BCUT2D eigenvalue weighted by atomic mass is 10.0. The van der Waals surface area contributed by atoms with Crippen molar-refractivity contribution in [3.63, 3.8) is 0 Å². The number of halogens is 1. The lowest BCUT2D eigenvalue weighted by Gasteiger charge is -2.30. The molecule has 2 bridgehead atoms. The predicted octanol–water partition coefficient (Wildman–Crippen LogP) is 1.44. The van der Waals surface area contributed by atoms with Crippen molar-refractivity contribution in [1.29, 1.82) is 0 Å². The Hall–Kier alpha value is -1.02. The van der Waals surface area contributed by atoms with Crippen LogP contribution in [0.25, 0.3) is 0 Å². The largest absolute Gasteiger partial charge is 0.486 e. The zero-order valence-electron chi connectivity index (χ0n) is 12.7. The van der Waals surface area contributed by atoms with E-state index in [0.29, 0.717) is 36.8 Å². The number of nitrogens with one attached hydrogen (secondary N) is 2. The highest BCUT2D eigenvalue weighted by Gasteiger charge is 2.36. The summed E-state index contributed by atoms with van der Waals surface area (Å²) >= 11 is 0. The van der Waals surface area contributed by atoms with E-state index in [1.54, 1.807) is 18.2 Å². The lowest BCUT2D eigenvalue weighted by Crippen LogP contribution is -2.48. The molecule has 2 N–H and O–H groups in total. The van der Waals surface area contributed by atoms with E-state index < -0.39 is 10.0 Å². The molecule has 2 unspecified atom stereocenters. The van der Waals surface area contributed by atoms with E-state index in [1.807, 2.05) is 0 Å². The summed E-state index contributed by atoms with van der Waals surface area (Å²) in [4.78, 5) is 0.176. The molecular formula is C15H21ClN2O4S. The van der Waals surface area contributed by atoms with Gasteiger partial charge in [-0.25, -0.2) is 13.1 Å². The summed E-state index contributed by atoms with van der Waals surface area (Å²) in [6.45, 7) is 0.818. The number of piperidine rings is 1. The van der Waals surface area contributed by atoms with Gasteiger partial charge in [0.2, 0.25) is 10.0 Å². The molecule has 2 atom stereocenters. The van der Waals surface area contributed by atoms with E-state index in [2.05, 4.69) is 10.0 Å². The van der Waals surface area contributed by atoms with E-state index in [1.165, 1.54) is 0 Å².